The Bertz CT molecular complexity index is 1550. The average molecular weight is 682 g/mol. The van der Waals surface area contributed by atoms with Gasteiger partial charge in [0.05, 0.1) is 13.2 Å². The van der Waals surface area contributed by atoms with Crippen LogP contribution in [0.2, 0.25) is 0 Å². The smallest absolute Gasteiger partial charge is 0.408 e. The van der Waals surface area contributed by atoms with Gasteiger partial charge in [0.2, 0.25) is 11.8 Å². The maximum absolute atomic E-state index is 13.8. The number of ether oxygens (including phenoxy) is 3. The van der Waals surface area contributed by atoms with Crippen LogP contribution in [0, 0.1) is 0 Å². The van der Waals surface area contributed by atoms with Crippen LogP contribution in [-0.4, -0.2) is 83.5 Å². The second-order valence-electron chi connectivity index (χ2n) is 12.6. The fourth-order valence-electron chi connectivity index (χ4n) is 4.92. The monoisotopic (exact) mass is 681 g/mol. The number of para-hydroxylation sites is 1. The number of aliphatic hydroxyl groups excluding tert-OH is 1. The molecule has 3 rings (SSSR count). The molecule has 0 aliphatic carbocycles. The average Bonchev–Trinajstić information content (AvgIpc) is 3.46. The van der Waals surface area contributed by atoms with Crippen molar-refractivity contribution in [2.45, 2.75) is 89.8 Å². The number of unbranched alkanes of at least 4 members (excludes halogenated alkanes) is 1. The van der Waals surface area contributed by atoms with Crippen molar-refractivity contribution in [1.29, 1.82) is 0 Å². The summed E-state index contributed by atoms with van der Waals surface area (Å²) in [4.78, 5) is 67.7. The minimum atomic E-state index is -1.39. The number of alkyl carbamates (subject to hydrolysis) is 2. The highest BCUT2D eigenvalue weighted by atomic mass is 16.6. The van der Waals surface area contributed by atoms with Crippen molar-refractivity contribution in [2.24, 2.45) is 0 Å². The first-order valence-electron chi connectivity index (χ1n) is 16.1. The van der Waals surface area contributed by atoms with Gasteiger partial charge < -0.3 is 45.6 Å². The highest BCUT2D eigenvalue weighted by molar-refractivity contribution is 5.94. The summed E-state index contributed by atoms with van der Waals surface area (Å²) in [7, 11) is 1.12. The number of hydrogen-bond donors (Lipinski definition) is 6. The zero-order valence-corrected chi connectivity index (χ0v) is 28.5. The molecule has 49 heavy (non-hydrogen) atoms. The van der Waals surface area contributed by atoms with E-state index in [2.05, 4.69) is 26.3 Å². The van der Waals surface area contributed by atoms with Gasteiger partial charge >= 0.3 is 18.2 Å². The molecule has 0 unspecified atom stereocenters. The van der Waals surface area contributed by atoms with E-state index in [1.165, 1.54) is 6.92 Å². The zero-order chi connectivity index (χ0) is 36.0. The summed E-state index contributed by atoms with van der Waals surface area (Å²) in [5.41, 5.74) is 1.60. The van der Waals surface area contributed by atoms with E-state index in [1.54, 1.807) is 27.0 Å². The SMILES string of the molecule is COC(=O)[C@H](NC(=O)[C@@H](CCCCNC(=O)OCc1ccccc1)NC(=O)[C@@H](Cc1c[nH]c2ccccc12)NC(=O)OC(C)(C)C)[C@@H](C)O. The van der Waals surface area contributed by atoms with E-state index < -0.39 is 59.8 Å². The van der Waals surface area contributed by atoms with Crippen LogP contribution in [0.5, 0.6) is 0 Å². The molecule has 14 nitrogen and oxygen atoms in total. The maximum Gasteiger partial charge on any atom is 0.408 e. The highest BCUT2D eigenvalue weighted by Crippen LogP contribution is 2.20. The number of benzene rings is 2. The molecular weight excluding hydrogens is 634 g/mol. The van der Waals surface area contributed by atoms with Crippen molar-refractivity contribution in [1.82, 2.24) is 26.3 Å². The van der Waals surface area contributed by atoms with Gasteiger partial charge in [0, 0.05) is 30.1 Å². The molecule has 14 heteroatoms. The van der Waals surface area contributed by atoms with E-state index in [1.807, 2.05) is 54.6 Å². The molecule has 0 aliphatic rings. The Morgan fingerprint density at radius 3 is 2.20 bits per heavy atom. The Morgan fingerprint density at radius 1 is 0.857 bits per heavy atom. The topological polar surface area (TPSA) is 197 Å². The summed E-state index contributed by atoms with van der Waals surface area (Å²) in [5.74, 6) is -2.29. The third kappa shape index (κ3) is 12.8. The van der Waals surface area contributed by atoms with Crippen molar-refractivity contribution in [3.63, 3.8) is 0 Å². The lowest BCUT2D eigenvalue weighted by atomic mass is 10.0. The third-order valence-corrected chi connectivity index (χ3v) is 7.38. The number of esters is 1. The first-order valence-corrected chi connectivity index (χ1v) is 16.1. The van der Waals surface area contributed by atoms with E-state index in [0.29, 0.717) is 12.8 Å². The number of aromatic nitrogens is 1. The van der Waals surface area contributed by atoms with E-state index >= 15 is 0 Å². The normalized spacial score (nSPS) is 13.7. The van der Waals surface area contributed by atoms with Crippen LogP contribution in [0.15, 0.2) is 60.8 Å². The number of aromatic amines is 1. The van der Waals surface area contributed by atoms with Gasteiger partial charge in [-0.05, 0) is 64.2 Å². The summed E-state index contributed by atoms with van der Waals surface area (Å²) in [5, 5.41) is 21.4. The Kier molecular flexibility index (Phi) is 14.4. The molecule has 4 atom stereocenters. The van der Waals surface area contributed by atoms with Gasteiger partial charge in [0.15, 0.2) is 6.04 Å². The molecule has 0 fully saturated rings. The van der Waals surface area contributed by atoms with Crippen molar-refractivity contribution in [3.8, 4) is 0 Å². The quantitative estimate of drug-likeness (QED) is 0.0747. The molecule has 0 bridgehead atoms. The lowest BCUT2D eigenvalue weighted by molar-refractivity contribution is -0.148. The Labute approximate surface area is 285 Å². The number of H-pyrrole nitrogens is 1. The van der Waals surface area contributed by atoms with E-state index in [-0.39, 0.29) is 26.0 Å². The van der Waals surface area contributed by atoms with Gasteiger partial charge in [0.1, 0.15) is 24.3 Å². The molecule has 6 N–H and O–H groups in total. The summed E-state index contributed by atoms with van der Waals surface area (Å²) in [6.07, 6.45) is -0.0193. The van der Waals surface area contributed by atoms with Gasteiger partial charge in [-0.25, -0.2) is 14.4 Å². The van der Waals surface area contributed by atoms with Crippen molar-refractivity contribution in [3.05, 3.63) is 71.9 Å². The van der Waals surface area contributed by atoms with E-state index in [0.717, 1.165) is 29.1 Å². The predicted octanol–water partition coefficient (Wildman–Crippen LogP) is 3.22. The van der Waals surface area contributed by atoms with Gasteiger partial charge in [-0.15, -0.1) is 0 Å². The molecule has 3 aromatic rings. The van der Waals surface area contributed by atoms with Crippen LogP contribution in [-0.2, 0) is 41.6 Å². The summed E-state index contributed by atoms with van der Waals surface area (Å²) < 4.78 is 15.3. The first kappa shape index (κ1) is 38.3. The van der Waals surface area contributed by atoms with Crippen LogP contribution < -0.4 is 21.3 Å². The van der Waals surface area contributed by atoms with Crippen LogP contribution in [0.4, 0.5) is 9.59 Å². The molecule has 2 aromatic carbocycles. The lowest BCUT2D eigenvalue weighted by Crippen LogP contribution is -2.58. The Balaban J connectivity index is 1.72. The molecule has 0 saturated carbocycles. The summed E-state index contributed by atoms with van der Waals surface area (Å²) >= 11 is 0. The maximum atomic E-state index is 13.8. The summed E-state index contributed by atoms with van der Waals surface area (Å²) in [6.45, 7) is 6.75. The fourth-order valence-corrected chi connectivity index (χ4v) is 4.92. The second kappa shape index (κ2) is 18.4. The molecule has 0 saturated heterocycles. The summed E-state index contributed by atoms with van der Waals surface area (Å²) in [6, 6.07) is 13.0. The molecule has 4 amide bonds. The molecule has 1 aromatic heterocycles. The number of carbonyl (C=O) groups excluding carboxylic acids is 5. The molecule has 0 aliphatic heterocycles. The van der Waals surface area contributed by atoms with Crippen LogP contribution >= 0.6 is 0 Å². The second-order valence-corrected chi connectivity index (χ2v) is 12.6. The van der Waals surface area contributed by atoms with E-state index in [4.69, 9.17) is 14.2 Å². The first-order chi connectivity index (χ1) is 23.3. The molecule has 0 spiro atoms. The van der Waals surface area contributed by atoms with Gasteiger partial charge in [0.25, 0.3) is 0 Å². The molecular formula is C35H47N5O9. The predicted molar refractivity (Wildman–Crippen MR) is 181 cm³/mol. The number of carbonyl (C=O) groups is 5. The lowest BCUT2D eigenvalue weighted by Gasteiger charge is -2.26. The van der Waals surface area contributed by atoms with Crippen molar-refractivity contribution >= 4 is 40.9 Å². The standard InChI is InChI=1S/C35H47N5O9/c1-22(41)29(32(44)47-5)40-30(42)27(17-11-12-18-36-33(45)48-21-23-13-7-6-8-14-23)38-31(43)28(39-34(46)49-35(2,3)4)19-24-20-37-26-16-10-9-15-25(24)26/h6-10,13-16,20,22,27-29,37,41H,11-12,17-19,21H2,1-5H3,(H,36,45)(H,38,43)(H,39,46)(H,40,42)/t22-,27-,28-,29-/m1/s1. The molecule has 0 radical (unpaired) electrons. The molecule has 266 valence electrons. The number of fused-ring (bicyclic) bond motifs is 1. The Morgan fingerprint density at radius 2 is 1.53 bits per heavy atom. The number of amides is 4. The number of hydrogen-bond acceptors (Lipinski definition) is 9. The van der Waals surface area contributed by atoms with Crippen LogP contribution in [0.3, 0.4) is 0 Å². The van der Waals surface area contributed by atoms with Crippen molar-refractivity contribution in [2.75, 3.05) is 13.7 Å². The fraction of sp³-hybridized carbons (Fsp3) is 0.457. The Hall–Kier alpha value is -5.11. The largest absolute Gasteiger partial charge is 0.467 e. The number of methoxy groups -OCH3 is 1. The third-order valence-electron chi connectivity index (χ3n) is 7.38. The molecule has 1 heterocycles. The number of rotatable bonds is 16. The van der Waals surface area contributed by atoms with Gasteiger partial charge in [-0.1, -0.05) is 48.5 Å². The van der Waals surface area contributed by atoms with Gasteiger partial charge in [-0.3, -0.25) is 9.59 Å². The van der Waals surface area contributed by atoms with Gasteiger partial charge in [-0.2, -0.15) is 0 Å². The minimum absolute atomic E-state index is 0.0664. The number of nitrogens with one attached hydrogen (secondary N) is 5. The number of aliphatic hydroxyl groups is 1. The minimum Gasteiger partial charge on any atom is -0.467 e. The van der Waals surface area contributed by atoms with Crippen LogP contribution in [0.1, 0.15) is 58.1 Å². The van der Waals surface area contributed by atoms with Crippen LogP contribution in [0.25, 0.3) is 10.9 Å². The zero-order valence-electron chi connectivity index (χ0n) is 28.5. The van der Waals surface area contributed by atoms with E-state index in [9.17, 15) is 29.1 Å². The highest BCUT2D eigenvalue weighted by Gasteiger charge is 2.33. The van der Waals surface area contributed by atoms with Crippen molar-refractivity contribution < 1.29 is 43.3 Å².